The van der Waals surface area contributed by atoms with Crippen LogP contribution in [0.1, 0.15) is 49.1 Å². The van der Waals surface area contributed by atoms with Gasteiger partial charge in [-0.3, -0.25) is 10.1 Å². The molecule has 3 aromatic rings. The summed E-state index contributed by atoms with van der Waals surface area (Å²) in [4.78, 5) is 11.5. The van der Waals surface area contributed by atoms with Gasteiger partial charge in [0.2, 0.25) is 0 Å². The molecule has 31 heavy (non-hydrogen) atoms. The molecule has 5 heteroatoms. The Kier molecular flexibility index (Phi) is 6.77. The molecule has 0 aromatic heterocycles. The number of rotatable bonds is 6. The van der Waals surface area contributed by atoms with E-state index in [1.807, 2.05) is 56.3 Å². The van der Waals surface area contributed by atoms with Crippen molar-refractivity contribution in [2.45, 2.75) is 47.6 Å². The monoisotopic (exact) mass is 432 g/mol. The molecule has 0 saturated carbocycles. The Morgan fingerprint density at radius 2 is 1.35 bits per heavy atom. The van der Waals surface area contributed by atoms with Gasteiger partial charge in [0.1, 0.15) is 0 Å². The zero-order chi connectivity index (χ0) is 22.8. The van der Waals surface area contributed by atoms with Gasteiger partial charge in [-0.15, -0.1) is 0 Å². The fourth-order valence-corrected chi connectivity index (χ4v) is 6.45. The topological polar surface area (TPSA) is 52.4 Å². The lowest BCUT2D eigenvalue weighted by atomic mass is 9.80. The molecule has 3 aromatic carbocycles. The maximum absolute atomic E-state index is 11.8. The number of nitro benzene ring substituents is 1. The Labute approximate surface area is 186 Å². The summed E-state index contributed by atoms with van der Waals surface area (Å²) in [5.41, 5.74) is 3.28. The standard InChI is InChI=1S/C26H30NO3Si/c1-18-17-19(2)24(27(28)29)20(3)23(18)25(26(4,5)6)30-31(21-13-9-7-10-14-21)22-15-11-8-12-16-22/h7-17,25H,1-6H3. The van der Waals surface area contributed by atoms with Crippen molar-refractivity contribution in [1.82, 2.24) is 0 Å². The summed E-state index contributed by atoms with van der Waals surface area (Å²) in [7, 11) is -1.57. The van der Waals surface area contributed by atoms with E-state index in [-0.39, 0.29) is 22.1 Å². The molecule has 1 radical (unpaired) electrons. The number of nitro groups is 1. The summed E-state index contributed by atoms with van der Waals surface area (Å²) in [6, 6.07) is 22.5. The molecule has 0 spiro atoms. The molecule has 0 aliphatic rings. The minimum absolute atomic E-state index is 0.187. The number of hydrogen-bond acceptors (Lipinski definition) is 3. The van der Waals surface area contributed by atoms with Crippen molar-refractivity contribution in [1.29, 1.82) is 0 Å². The highest BCUT2D eigenvalue weighted by atomic mass is 28.3. The summed E-state index contributed by atoms with van der Waals surface area (Å²) in [6.45, 7) is 12.1. The van der Waals surface area contributed by atoms with Gasteiger partial charge in [-0.1, -0.05) is 81.4 Å². The maximum Gasteiger partial charge on any atom is 0.283 e. The van der Waals surface area contributed by atoms with Crippen LogP contribution in [0.2, 0.25) is 0 Å². The predicted molar refractivity (Wildman–Crippen MR) is 128 cm³/mol. The first-order valence-electron chi connectivity index (χ1n) is 10.5. The molecule has 1 unspecified atom stereocenters. The van der Waals surface area contributed by atoms with Crippen LogP contribution in [0.3, 0.4) is 0 Å². The van der Waals surface area contributed by atoms with Crippen LogP contribution in [0.15, 0.2) is 66.7 Å². The molecule has 0 aliphatic heterocycles. The first-order valence-corrected chi connectivity index (χ1v) is 11.9. The van der Waals surface area contributed by atoms with Crippen molar-refractivity contribution < 1.29 is 9.35 Å². The Hall–Kier alpha value is -2.76. The molecule has 0 N–H and O–H groups in total. The molecule has 0 fully saturated rings. The van der Waals surface area contributed by atoms with Gasteiger partial charge in [-0.2, -0.15) is 0 Å². The van der Waals surface area contributed by atoms with Gasteiger partial charge in [-0.25, -0.2) is 0 Å². The number of benzene rings is 3. The molecule has 0 aliphatic carbocycles. The third kappa shape index (κ3) is 4.94. The molecular weight excluding hydrogens is 402 g/mol. The van der Waals surface area contributed by atoms with E-state index < -0.39 is 9.04 Å². The first kappa shape index (κ1) is 22.9. The summed E-state index contributed by atoms with van der Waals surface area (Å²) in [5.74, 6) is 0. The largest absolute Gasteiger partial charge is 0.400 e. The van der Waals surface area contributed by atoms with Crippen LogP contribution in [0.5, 0.6) is 0 Å². The normalized spacial score (nSPS) is 12.7. The van der Waals surface area contributed by atoms with Crippen LogP contribution in [0.4, 0.5) is 5.69 Å². The molecule has 1 atom stereocenters. The van der Waals surface area contributed by atoms with Crippen LogP contribution < -0.4 is 10.4 Å². The van der Waals surface area contributed by atoms with E-state index in [0.717, 1.165) is 21.5 Å². The predicted octanol–water partition coefficient (Wildman–Crippen LogP) is 5.43. The molecule has 4 nitrogen and oxygen atoms in total. The van der Waals surface area contributed by atoms with Gasteiger partial charge in [0.25, 0.3) is 14.7 Å². The zero-order valence-corrected chi connectivity index (χ0v) is 20.1. The van der Waals surface area contributed by atoms with Crippen molar-refractivity contribution >= 4 is 25.1 Å². The second-order valence-corrected chi connectivity index (χ2v) is 11.1. The van der Waals surface area contributed by atoms with E-state index in [9.17, 15) is 10.1 Å². The third-order valence-electron chi connectivity index (χ3n) is 5.53. The summed E-state index contributed by atoms with van der Waals surface area (Å²) >= 11 is 0. The van der Waals surface area contributed by atoms with E-state index in [1.165, 1.54) is 0 Å². The van der Waals surface area contributed by atoms with Crippen LogP contribution >= 0.6 is 0 Å². The molecule has 0 heterocycles. The highest BCUT2D eigenvalue weighted by molar-refractivity contribution is 6.80. The van der Waals surface area contributed by atoms with Crippen molar-refractivity contribution in [3.05, 3.63) is 99.1 Å². The van der Waals surface area contributed by atoms with E-state index in [0.29, 0.717) is 11.1 Å². The van der Waals surface area contributed by atoms with Gasteiger partial charge in [0.15, 0.2) is 0 Å². The van der Waals surface area contributed by atoms with Crippen LogP contribution in [0, 0.1) is 36.3 Å². The van der Waals surface area contributed by atoms with Gasteiger partial charge in [-0.05, 0) is 53.8 Å². The van der Waals surface area contributed by atoms with Gasteiger partial charge < -0.3 is 4.43 Å². The maximum atomic E-state index is 11.8. The Morgan fingerprint density at radius 1 is 0.871 bits per heavy atom. The number of hydrogen-bond donors (Lipinski definition) is 0. The lowest BCUT2D eigenvalue weighted by molar-refractivity contribution is -0.386. The average Bonchev–Trinajstić information content (AvgIpc) is 2.70. The van der Waals surface area contributed by atoms with E-state index in [4.69, 9.17) is 4.43 Å². The lowest BCUT2D eigenvalue weighted by Gasteiger charge is -2.36. The molecular formula is C26H30NO3Si. The summed E-state index contributed by atoms with van der Waals surface area (Å²) < 4.78 is 6.99. The fourth-order valence-electron chi connectivity index (χ4n) is 4.14. The molecule has 0 amide bonds. The average molecular weight is 433 g/mol. The van der Waals surface area contributed by atoms with Crippen molar-refractivity contribution in [2.24, 2.45) is 5.41 Å². The summed E-state index contributed by atoms with van der Waals surface area (Å²) in [6.07, 6.45) is -0.291. The van der Waals surface area contributed by atoms with Crippen LogP contribution in [-0.2, 0) is 4.43 Å². The zero-order valence-electron chi connectivity index (χ0n) is 19.1. The SMILES string of the molecule is Cc1cc(C)c([N+](=O)[O-])c(C)c1C(O[Si](c1ccccc1)c1ccccc1)C(C)(C)C. The van der Waals surface area contributed by atoms with E-state index in [2.05, 4.69) is 45.0 Å². The third-order valence-corrected chi connectivity index (χ3v) is 7.72. The molecule has 0 bridgehead atoms. The van der Waals surface area contributed by atoms with Crippen molar-refractivity contribution in [3.8, 4) is 0 Å². The van der Waals surface area contributed by atoms with E-state index in [1.54, 1.807) is 6.92 Å². The highest BCUT2D eigenvalue weighted by Crippen LogP contribution is 2.42. The van der Waals surface area contributed by atoms with Gasteiger partial charge >= 0.3 is 0 Å². The Bertz CT molecular complexity index is 1020. The second kappa shape index (κ2) is 9.16. The van der Waals surface area contributed by atoms with Gasteiger partial charge in [0, 0.05) is 11.1 Å². The fraction of sp³-hybridized carbons (Fsp3) is 0.308. The minimum atomic E-state index is -1.57. The number of aryl methyl sites for hydroxylation is 2. The minimum Gasteiger partial charge on any atom is -0.400 e. The number of nitrogens with zero attached hydrogens (tertiary/aromatic N) is 1. The second-order valence-electron chi connectivity index (χ2n) is 9.08. The van der Waals surface area contributed by atoms with Crippen LogP contribution in [0.25, 0.3) is 0 Å². The smallest absolute Gasteiger partial charge is 0.283 e. The molecule has 161 valence electrons. The lowest BCUT2D eigenvalue weighted by Crippen LogP contribution is -2.47. The van der Waals surface area contributed by atoms with Crippen molar-refractivity contribution in [3.63, 3.8) is 0 Å². The molecule has 0 saturated heterocycles. The quantitative estimate of drug-likeness (QED) is 0.296. The van der Waals surface area contributed by atoms with Gasteiger partial charge in [0.05, 0.1) is 11.0 Å². The Morgan fingerprint density at radius 3 is 1.77 bits per heavy atom. The first-order chi connectivity index (χ1) is 14.6. The molecule has 3 rings (SSSR count). The van der Waals surface area contributed by atoms with E-state index >= 15 is 0 Å². The Balaban J connectivity index is 2.18. The van der Waals surface area contributed by atoms with Crippen LogP contribution in [-0.4, -0.2) is 14.0 Å². The van der Waals surface area contributed by atoms with Crippen molar-refractivity contribution in [2.75, 3.05) is 0 Å². The highest BCUT2D eigenvalue weighted by Gasteiger charge is 2.36. The summed E-state index contributed by atoms with van der Waals surface area (Å²) in [5, 5.41) is 14.1.